The molecule has 0 aliphatic heterocycles. The Hall–Kier alpha value is -0.840. The molecule has 1 N–H and O–H groups in total. The van der Waals surface area contributed by atoms with Crippen molar-refractivity contribution in [3.63, 3.8) is 0 Å². The molecule has 1 saturated carbocycles. The van der Waals surface area contributed by atoms with Crippen molar-refractivity contribution in [3.05, 3.63) is 44.7 Å². The summed E-state index contributed by atoms with van der Waals surface area (Å²) < 4.78 is 0.759. The van der Waals surface area contributed by atoms with E-state index in [0.717, 1.165) is 23.3 Å². The Bertz CT molecular complexity index is 609. The van der Waals surface area contributed by atoms with Crippen molar-refractivity contribution in [2.24, 2.45) is 0 Å². The van der Waals surface area contributed by atoms with Crippen LogP contribution in [0.1, 0.15) is 24.6 Å². The van der Waals surface area contributed by atoms with Crippen LogP contribution in [0, 0.1) is 0 Å². The SMILES string of the molecule is Clc1cccc(Cl)c1Nc1cc(Br)nc(C2CC2)n1. The molecule has 1 aliphatic rings. The molecule has 0 unspecified atom stereocenters. The Morgan fingerprint density at radius 3 is 2.47 bits per heavy atom. The van der Waals surface area contributed by atoms with Crippen LogP contribution in [0.4, 0.5) is 11.5 Å². The maximum absolute atomic E-state index is 6.13. The van der Waals surface area contributed by atoms with Crippen molar-refractivity contribution in [1.29, 1.82) is 0 Å². The summed E-state index contributed by atoms with van der Waals surface area (Å²) in [6.45, 7) is 0. The summed E-state index contributed by atoms with van der Waals surface area (Å²) in [5.41, 5.74) is 0.665. The van der Waals surface area contributed by atoms with Gasteiger partial charge >= 0.3 is 0 Å². The highest BCUT2D eigenvalue weighted by atomic mass is 79.9. The average molecular weight is 359 g/mol. The lowest BCUT2D eigenvalue weighted by Crippen LogP contribution is -2.00. The second-order valence-electron chi connectivity index (χ2n) is 4.43. The van der Waals surface area contributed by atoms with E-state index < -0.39 is 0 Å². The number of anilines is 2. The zero-order valence-corrected chi connectivity index (χ0v) is 12.9. The highest BCUT2D eigenvalue weighted by Gasteiger charge is 2.27. The smallest absolute Gasteiger partial charge is 0.135 e. The summed E-state index contributed by atoms with van der Waals surface area (Å²) in [5.74, 6) is 2.04. The van der Waals surface area contributed by atoms with Crippen LogP contribution >= 0.6 is 39.1 Å². The van der Waals surface area contributed by atoms with Crippen molar-refractivity contribution in [2.75, 3.05) is 5.32 Å². The zero-order chi connectivity index (χ0) is 13.4. The Morgan fingerprint density at radius 2 is 1.84 bits per heavy atom. The number of rotatable bonds is 3. The quantitative estimate of drug-likeness (QED) is 0.769. The second kappa shape index (κ2) is 5.27. The van der Waals surface area contributed by atoms with Gasteiger partial charge in [0.25, 0.3) is 0 Å². The van der Waals surface area contributed by atoms with Gasteiger partial charge < -0.3 is 5.32 Å². The molecule has 1 aliphatic carbocycles. The van der Waals surface area contributed by atoms with Crippen molar-refractivity contribution in [2.45, 2.75) is 18.8 Å². The number of hydrogen-bond acceptors (Lipinski definition) is 3. The molecule has 3 rings (SSSR count). The lowest BCUT2D eigenvalue weighted by molar-refractivity contribution is 0.919. The number of aromatic nitrogens is 2. The summed E-state index contributed by atoms with van der Waals surface area (Å²) in [4.78, 5) is 8.89. The molecule has 0 bridgehead atoms. The van der Waals surface area contributed by atoms with Gasteiger partial charge in [-0.2, -0.15) is 0 Å². The highest BCUT2D eigenvalue weighted by Crippen LogP contribution is 2.39. The van der Waals surface area contributed by atoms with Gasteiger partial charge in [0.15, 0.2) is 0 Å². The molecule has 0 spiro atoms. The van der Waals surface area contributed by atoms with E-state index in [0.29, 0.717) is 27.5 Å². The van der Waals surface area contributed by atoms with Gasteiger partial charge in [0.05, 0.1) is 15.7 Å². The highest BCUT2D eigenvalue weighted by molar-refractivity contribution is 9.10. The second-order valence-corrected chi connectivity index (χ2v) is 6.06. The van der Waals surface area contributed by atoms with Gasteiger partial charge in [0.2, 0.25) is 0 Å². The van der Waals surface area contributed by atoms with Crippen molar-refractivity contribution in [1.82, 2.24) is 9.97 Å². The summed E-state index contributed by atoms with van der Waals surface area (Å²) in [6, 6.07) is 7.19. The number of hydrogen-bond donors (Lipinski definition) is 1. The van der Waals surface area contributed by atoms with E-state index in [9.17, 15) is 0 Å². The minimum atomic E-state index is 0.486. The third kappa shape index (κ3) is 3.02. The molecular weight excluding hydrogens is 349 g/mol. The fourth-order valence-electron chi connectivity index (χ4n) is 1.77. The standard InChI is InChI=1S/C13H10BrCl2N3/c14-10-6-11(19-13(17-10)7-4-5-7)18-12-8(15)2-1-3-9(12)16/h1-3,6-7H,4-5H2,(H,17,18,19). The van der Waals surface area contributed by atoms with Crippen molar-refractivity contribution >= 4 is 50.6 Å². The normalized spacial score (nSPS) is 14.5. The molecule has 3 nitrogen and oxygen atoms in total. The lowest BCUT2D eigenvalue weighted by atomic mass is 10.3. The summed E-state index contributed by atoms with van der Waals surface area (Å²) >= 11 is 15.7. The van der Waals surface area contributed by atoms with Gasteiger partial charge in [-0.05, 0) is 40.9 Å². The van der Waals surface area contributed by atoms with Crippen LogP contribution in [0.25, 0.3) is 0 Å². The van der Waals surface area contributed by atoms with E-state index in [-0.39, 0.29) is 0 Å². The topological polar surface area (TPSA) is 37.8 Å². The number of para-hydroxylation sites is 1. The minimum Gasteiger partial charge on any atom is -0.338 e. The lowest BCUT2D eigenvalue weighted by Gasteiger charge is -2.10. The van der Waals surface area contributed by atoms with Gasteiger partial charge in [0, 0.05) is 12.0 Å². The van der Waals surface area contributed by atoms with E-state index in [2.05, 4.69) is 31.2 Å². The maximum Gasteiger partial charge on any atom is 0.135 e. The first-order chi connectivity index (χ1) is 9.13. The molecule has 1 fully saturated rings. The Labute approximate surface area is 129 Å². The number of nitrogens with one attached hydrogen (secondary N) is 1. The molecule has 0 amide bonds. The molecule has 1 heterocycles. The van der Waals surface area contributed by atoms with Crippen LogP contribution in [0.15, 0.2) is 28.9 Å². The molecule has 0 atom stereocenters. The molecule has 2 aromatic rings. The Balaban J connectivity index is 1.94. The first-order valence-corrected chi connectivity index (χ1v) is 7.44. The van der Waals surface area contributed by atoms with Gasteiger partial charge in [-0.25, -0.2) is 9.97 Å². The third-order valence-corrected chi connectivity index (χ3v) is 3.91. The predicted molar refractivity (Wildman–Crippen MR) is 81.5 cm³/mol. The number of halogens is 3. The van der Waals surface area contributed by atoms with Crippen molar-refractivity contribution in [3.8, 4) is 0 Å². The van der Waals surface area contributed by atoms with Crippen LogP contribution < -0.4 is 5.32 Å². The van der Waals surface area contributed by atoms with Gasteiger partial charge in [-0.15, -0.1) is 0 Å². The Morgan fingerprint density at radius 1 is 1.16 bits per heavy atom. The Kier molecular flexibility index (Phi) is 3.65. The fourth-order valence-corrected chi connectivity index (χ4v) is 2.66. The van der Waals surface area contributed by atoms with Gasteiger partial charge in [-0.3, -0.25) is 0 Å². The van der Waals surface area contributed by atoms with E-state index in [1.807, 2.05) is 6.07 Å². The van der Waals surface area contributed by atoms with Gasteiger partial charge in [0.1, 0.15) is 16.2 Å². The summed E-state index contributed by atoms with van der Waals surface area (Å²) in [5, 5.41) is 4.29. The number of benzene rings is 1. The first kappa shape index (κ1) is 13.2. The average Bonchev–Trinajstić information content (AvgIpc) is 3.17. The predicted octanol–water partition coefficient (Wildman–Crippen LogP) is 5.17. The molecular formula is C13H10BrCl2N3. The zero-order valence-electron chi connectivity index (χ0n) is 9.83. The third-order valence-electron chi connectivity index (χ3n) is 2.87. The van der Waals surface area contributed by atoms with Crippen LogP contribution in [0.2, 0.25) is 10.0 Å². The molecule has 1 aromatic heterocycles. The van der Waals surface area contributed by atoms with E-state index in [1.54, 1.807) is 18.2 Å². The molecule has 19 heavy (non-hydrogen) atoms. The summed E-state index contributed by atoms with van der Waals surface area (Å²) in [6.07, 6.45) is 2.31. The molecule has 0 radical (unpaired) electrons. The monoisotopic (exact) mass is 357 g/mol. The van der Waals surface area contributed by atoms with E-state index in [1.165, 1.54) is 0 Å². The fraction of sp³-hybridized carbons (Fsp3) is 0.231. The van der Waals surface area contributed by atoms with Crippen molar-refractivity contribution < 1.29 is 0 Å². The minimum absolute atomic E-state index is 0.486. The molecule has 0 saturated heterocycles. The van der Waals surface area contributed by atoms with Crippen LogP contribution in [-0.4, -0.2) is 9.97 Å². The molecule has 98 valence electrons. The van der Waals surface area contributed by atoms with Gasteiger partial charge in [-0.1, -0.05) is 29.3 Å². The summed E-state index contributed by atoms with van der Waals surface area (Å²) in [7, 11) is 0. The molecule has 1 aromatic carbocycles. The largest absolute Gasteiger partial charge is 0.338 e. The van der Waals surface area contributed by atoms with Crippen LogP contribution in [0.3, 0.4) is 0 Å². The van der Waals surface area contributed by atoms with E-state index >= 15 is 0 Å². The molecule has 6 heteroatoms. The van der Waals surface area contributed by atoms with Crippen LogP contribution in [-0.2, 0) is 0 Å². The number of nitrogens with zero attached hydrogens (tertiary/aromatic N) is 2. The maximum atomic E-state index is 6.13. The first-order valence-electron chi connectivity index (χ1n) is 5.89. The van der Waals surface area contributed by atoms with Crippen LogP contribution in [0.5, 0.6) is 0 Å². The van der Waals surface area contributed by atoms with E-state index in [4.69, 9.17) is 23.2 Å².